The zero-order valence-corrected chi connectivity index (χ0v) is 18.0. The normalized spacial score (nSPS) is 17.1. The third-order valence-corrected chi connectivity index (χ3v) is 4.35. The second-order valence-electron chi connectivity index (χ2n) is 6.46. The van der Waals surface area contributed by atoms with Crippen LogP contribution in [0.5, 0.6) is 5.75 Å². The second-order valence-corrected chi connectivity index (χ2v) is 7.38. The highest BCUT2D eigenvalue weighted by molar-refractivity contribution is 9.10. The van der Waals surface area contributed by atoms with Gasteiger partial charge in [0.15, 0.2) is 0 Å². The number of benzene rings is 1. The highest BCUT2D eigenvalue weighted by atomic mass is 79.9. The van der Waals surface area contributed by atoms with E-state index in [0.717, 1.165) is 18.0 Å². The van der Waals surface area contributed by atoms with Crippen LogP contribution in [-0.4, -0.2) is 64.7 Å². The fourth-order valence-corrected chi connectivity index (χ4v) is 3.14. The summed E-state index contributed by atoms with van der Waals surface area (Å²) < 4.78 is 51.1. The maximum atomic E-state index is 13.5. The molecule has 31 heavy (non-hydrogen) atoms. The van der Waals surface area contributed by atoms with E-state index in [2.05, 4.69) is 15.9 Å². The van der Waals surface area contributed by atoms with E-state index < -0.39 is 42.6 Å². The minimum atomic E-state index is -4.90. The van der Waals surface area contributed by atoms with Crippen LogP contribution in [0.1, 0.15) is 18.1 Å². The molecule has 0 aliphatic carbocycles. The number of carbonyl (C=O) groups is 2. The van der Waals surface area contributed by atoms with Crippen LogP contribution in [0.25, 0.3) is 6.08 Å². The van der Waals surface area contributed by atoms with Gasteiger partial charge in [0, 0.05) is 17.1 Å². The number of carboxylic acids is 1. The molecule has 10 nitrogen and oxygen atoms in total. The molecule has 2 atom stereocenters. The number of aliphatic carboxylic acids is 1. The Morgan fingerprint density at radius 2 is 2.03 bits per heavy atom. The first-order valence-electron chi connectivity index (χ1n) is 8.58. The summed E-state index contributed by atoms with van der Waals surface area (Å²) in [4.78, 5) is 27.8. The Kier molecular flexibility index (Phi) is 8.02. The van der Waals surface area contributed by atoms with Gasteiger partial charge in [-0.1, -0.05) is 21.5 Å². The summed E-state index contributed by atoms with van der Waals surface area (Å²) in [6, 6.07) is 3.07. The molecule has 0 bridgehead atoms. The van der Waals surface area contributed by atoms with Crippen LogP contribution >= 0.6 is 15.9 Å². The van der Waals surface area contributed by atoms with Gasteiger partial charge in [0.1, 0.15) is 12.3 Å². The average molecular weight is 514 g/mol. The lowest BCUT2D eigenvalue weighted by molar-refractivity contribution is -0.358. The largest absolute Gasteiger partial charge is 0.480 e. The van der Waals surface area contributed by atoms with Gasteiger partial charge in [-0.3, -0.25) is 10.0 Å². The van der Waals surface area contributed by atoms with Crippen molar-refractivity contribution in [1.29, 1.82) is 0 Å². The number of likely N-dealkylation sites (N-methyl/N-ethyl adjacent to an activating group) is 1. The Hall–Kier alpha value is -2.23. The zero-order valence-electron chi connectivity index (χ0n) is 16.4. The molecule has 0 saturated carbocycles. The number of nitrogens with one attached hydrogen (secondary N) is 1. The standard InChI is InChI=1S/C17H19BrF3N3O7/c1-8-4-11(18)5-10-6-12(15(17(19,20)21)30-14(8)10)16(27)29-9(2)31-22-24(28)23(3)7-13(25)26/h4-6,9,15,22,28H,7H2,1-3H3,(H,25,26)/t9?,15-/m0/s1. The Balaban J connectivity index is 2.13. The second kappa shape index (κ2) is 9.93. The number of rotatable bonds is 8. The van der Waals surface area contributed by atoms with Gasteiger partial charge >= 0.3 is 18.1 Å². The average Bonchev–Trinajstić information content (AvgIpc) is 2.63. The topological polar surface area (TPSA) is 121 Å². The Morgan fingerprint density at radius 1 is 1.39 bits per heavy atom. The van der Waals surface area contributed by atoms with Crippen molar-refractivity contribution in [3.63, 3.8) is 0 Å². The maximum absolute atomic E-state index is 13.5. The van der Waals surface area contributed by atoms with Crippen LogP contribution in [0.2, 0.25) is 0 Å². The first-order chi connectivity index (χ1) is 14.3. The lowest BCUT2D eigenvalue weighted by Gasteiger charge is -2.29. The zero-order chi connectivity index (χ0) is 23.5. The Labute approximate surface area is 182 Å². The molecular formula is C17H19BrF3N3O7. The summed E-state index contributed by atoms with van der Waals surface area (Å²) in [7, 11) is 1.19. The monoisotopic (exact) mass is 513 g/mol. The predicted octanol–water partition coefficient (Wildman–Crippen LogP) is 2.41. The summed E-state index contributed by atoms with van der Waals surface area (Å²) in [5.41, 5.74) is 1.76. The van der Waals surface area contributed by atoms with Crippen molar-refractivity contribution in [3.05, 3.63) is 33.3 Å². The van der Waals surface area contributed by atoms with E-state index in [-0.39, 0.29) is 16.6 Å². The highest BCUT2D eigenvalue weighted by Crippen LogP contribution is 2.40. The van der Waals surface area contributed by atoms with Gasteiger partial charge in [-0.15, -0.1) is 0 Å². The summed E-state index contributed by atoms with van der Waals surface area (Å²) in [6.07, 6.45) is -7.90. The van der Waals surface area contributed by atoms with Crippen molar-refractivity contribution >= 4 is 33.9 Å². The van der Waals surface area contributed by atoms with Crippen molar-refractivity contribution < 1.29 is 47.4 Å². The van der Waals surface area contributed by atoms with E-state index in [1.807, 2.05) is 5.59 Å². The number of esters is 1. The molecule has 0 amide bonds. The molecule has 2 rings (SSSR count). The molecule has 1 aliphatic heterocycles. The molecule has 3 N–H and O–H groups in total. The number of alkyl halides is 3. The number of carbonyl (C=O) groups excluding carboxylic acids is 1. The summed E-state index contributed by atoms with van der Waals surface area (Å²) in [5.74, 6) is -2.62. The number of aryl methyl sites for hydroxylation is 1. The van der Waals surface area contributed by atoms with Gasteiger partial charge in [0.05, 0.1) is 5.57 Å². The lowest BCUT2D eigenvalue weighted by Crippen LogP contribution is -2.50. The van der Waals surface area contributed by atoms with Crippen molar-refractivity contribution in [2.24, 2.45) is 0 Å². The van der Waals surface area contributed by atoms with Crippen LogP contribution in [0, 0.1) is 6.92 Å². The quantitative estimate of drug-likeness (QED) is 0.271. The number of fused-ring (bicyclic) bond motifs is 1. The maximum Gasteiger partial charge on any atom is 0.430 e. The first-order valence-corrected chi connectivity index (χ1v) is 9.38. The molecule has 0 saturated heterocycles. The number of nitrogens with zero attached hydrogens (tertiary/aromatic N) is 2. The molecular weight excluding hydrogens is 495 g/mol. The number of hydrazine groups is 2. The van der Waals surface area contributed by atoms with Gasteiger partial charge in [-0.05, 0) is 42.9 Å². The predicted molar refractivity (Wildman–Crippen MR) is 101 cm³/mol. The van der Waals surface area contributed by atoms with Gasteiger partial charge in [0.25, 0.3) is 0 Å². The van der Waals surface area contributed by atoms with Crippen LogP contribution in [0.15, 0.2) is 22.2 Å². The number of ether oxygens (including phenoxy) is 2. The molecule has 1 unspecified atom stereocenters. The van der Waals surface area contributed by atoms with Crippen LogP contribution in [-0.2, 0) is 19.2 Å². The number of halogens is 4. The van der Waals surface area contributed by atoms with Crippen LogP contribution in [0.4, 0.5) is 13.2 Å². The van der Waals surface area contributed by atoms with Crippen molar-refractivity contribution in [3.8, 4) is 5.75 Å². The van der Waals surface area contributed by atoms with Gasteiger partial charge in [-0.2, -0.15) is 18.2 Å². The molecule has 1 aliphatic rings. The lowest BCUT2D eigenvalue weighted by atomic mass is 9.99. The van der Waals surface area contributed by atoms with Gasteiger partial charge in [-0.25, -0.2) is 9.63 Å². The first kappa shape index (κ1) is 25.0. The molecule has 14 heteroatoms. The van der Waals surface area contributed by atoms with E-state index in [0.29, 0.717) is 10.0 Å². The van der Waals surface area contributed by atoms with Crippen LogP contribution in [0.3, 0.4) is 0 Å². The SMILES string of the molecule is Cc1cc(Br)cc2c1O[C@H](C(F)(F)F)C(C(=O)OC(C)ONN(O)N(C)CC(=O)O)=C2. The van der Waals surface area contributed by atoms with Crippen molar-refractivity contribution in [2.75, 3.05) is 13.6 Å². The fourth-order valence-electron chi connectivity index (χ4n) is 2.55. The molecule has 1 aromatic carbocycles. The van der Waals surface area contributed by atoms with Gasteiger partial charge < -0.3 is 14.6 Å². The van der Waals surface area contributed by atoms with Crippen molar-refractivity contribution in [2.45, 2.75) is 32.4 Å². The molecule has 0 radical (unpaired) electrons. The van der Waals surface area contributed by atoms with Gasteiger partial charge in [0.2, 0.25) is 12.4 Å². The minimum Gasteiger partial charge on any atom is -0.480 e. The summed E-state index contributed by atoms with van der Waals surface area (Å²) in [6.45, 7) is 2.13. The Bertz CT molecular complexity index is 881. The van der Waals surface area contributed by atoms with Crippen molar-refractivity contribution in [1.82, 2.24) is 15.9 Å². The summed E-state index contributed by atoms with van der Waals surface area (Å²) in [5, 5.41) is 19.1. The van der Waals surface area contributed by atoms with E-state index >= 15 is 0 Å². The summed E-state index contributed by atoms with van der Waals surface area (Å²) >= 11 is 3.23. The molecule has 172 valence electrons. The molecule has 1 aromatic rings. The van der Waals surface area contributed by atoms with Crippen LogP contribution < -0.4 is 10.3 Å². The fraction of sp³-hybridized carbons (Fsp3) is 0.412. The molecule has 1 heterocycles. The minimum absolute atomic E-state index is 0.00886. The third-order valence-electron chi connectivity index (χ3n) is 3.89. The number of hydrogen-bond acceptors (Lipinski definition) is 9. The third kappa shape index (κ3) is 6.62. The van der Waals surface area contributed by atoms with E-state index in [4.69, 9.17) is 19.4 Å². The molecule has 0 spiro atoms. The molecule has 0 fully saturated rings. The molecule has 0 aromatic heterocycles. The highest BCUT2D eigenvalue weighted by Gasteiger charge is 2.49. The van der Waals surface area contributed by atoms with E-state index in [9.17, 15) is 28.0 Å². The number of hydrogen-bond donors (Lipinski definition) is 3. The van der Waals surface area contributed by atoms with E-state index in [1.54, 1.807) is 13.0 Å². The number of carboxylic acid groups (broad SMARTS) is 1. The Morgan fingerprint density at radius 3 is 2.61 bits per heavy atom. The smallest absolute Gasteiger partial charge is 0.430 e. The van der Waals surface area contributed by atoms with E-state index in [1.165, 1.54) is 13.1 Å².